The van der Waals surface area contributed by atoms with Crippen LogP contribution in [0.15, 0.2) is 28.7 Å². The zero-order valence-electron chi connectivity index (χ0n) is 9.63. The highest BCUT2D eigenvalue weighted by atomic mass is 79.9. The number of hydrogen-bond donors (Lipinski definition) is 2. The molecular weight excluding hydrogens is 288 g/mol. The van der Waals surface area contributed by atoms with Gasteiger partial charge in [-0.2, -0.15) is 0 Å². The molecule has 0 spiro atoms. The Morgan fingerprint density at radius 2 is 2.00 bits per heavy atom. The number of carbonyl (C=O) groups is 1. The minimum atomic E-state index is -1.33. The van der Waals surface area contributed by atoms with E-state index in [-0.39, 0.29) is 0 Å². The fourth-order valence-corrected chi connectivity index (χ4v) is 1.56. The predicted octanol–water partition coefficient (Wildman–Crippen LogP) is 0.830. The zero-order chi connectivity index (χ0) is 13.0. The molecule has 0 heterocycles. The third-order valence-corrected chi connectivity index (χ3v) is 2.96. The Hall–Kier alpha value is -0.950. The van der Waals surface area contributed by atoms with Crippen LogP contribution in [-0.2, 0) is 9.63 Å². The molecule has 0 bridgehead atoms. The van der Waals surface area contributed by atoms with Crippen molar-refractivity contribution < 1.29 is 14.7 Å². The van der Waals surface area contributed by atoms with Crippen molar-refractivity contribution in [3.63, 3.8) is 0 Å². The second kappa shape index (κ2) is 6.11. The Morgan fingerprint density at radius 1 is 1.47 bits per heavy atom. The molecule has 0 saturated heterocycles. The summed E-state index contributed by atoms with van der Waals surface area (Å²) >= 11 is 3.30. The molecule has 0 fully saturated rings. The van der Waals surface area contributed by atoms with Gasteiger partial charge in [-0.05, 0) is 17.7 Å². The molecule has 1 aromatic carbocycles. The van der Waals surface area contributed by atoms with Crippen LogP contribution in [0.3, 0.4) is 0 Å². The number of hydroxylamine groups is 2. The van der Waals surface area contributed by atoms with Crippen LogP contribution < -0.4 is 5.73 Å². The summed E-state index contributed by atoms with van der Waals surface area (Å²) in [5.41, 5.74) is 6.49. The lowest BCUT2D eigenvalue weighted by atomic mass is 10.0. The number of nitrogens with zero attached hydrogens (tertiary/aromatic N) is 1. The van der Waals surface area contributed by atoms with Crippen molar-refractivity contribution in [3.8, 4) is 0 Å². The van der Waals surface area contributed by atoms with Gasteiger partial charge in [0.05, 0.1) is 13.2 Å². The number of aliphatic hydroxyl groups excluding tert-OH is 1. The molecule has 1 rings (SSSR count). The van der Waals surface area contributed by atoms with Crippen molar-refractivity contribution in [2.24, 2.45) is 5.73 Å². The summed E-state index contributed by atoms with van der Waals surface area (Å²) < 4.78 is 0.906. The highest BCUT2D eigenvalue weighted by Crippen LogP contribution is 2.18. The fraction of sp³-hybridized carbons (Fsp3) is 0.364. The lowest BCUT2D eigenvalue weighted by molar-refractivity contribution is -0.178. The quantitative estimate of drug-likeness (QED) is 0.808. The number of nitrogens with two attached hydrogens (primary N) is 1. The summed E-state index contributed by atoms with van der Waals surface area (Å²) in [4.78, 5) is 16.3. The van der Waals surface area contributed by atoms with E-state index in [1.54, 1.807) is 24.3 Å². The maximum absolute atomic E-state index is 11.6. The third kappa shape index (κ3) is 3.50. The number of likely N-dealkylation sites (N-methyl/N-ethyl adjacent to an activating group) is 1. The van der Waals surface area contributed by atoms with Gasteiger partial charge in [0, 0.05) is 11.5 Å². The first-order valence-corrected chi connectivity index (χ1v) is 5.77. The highest BCUT2D eigenvalue weighted by molar-refractivity contribution is 9.10. The average molecular weight is 303 g/mol. The van der Waals surface area contributed by atoms with Gasteiger partial charge in [-0.25, -0.2) is 5.06 Å². The first-order chi connectivity index (χ1) is 7.97. The van der Waals surface area contributed by atoms with Crippen molar-refractivity contribution in [2.45, 2.75) is 12.1 Å². The maximum Gasteiger partial charge on any atom is 0.276 e. The van der Waals surface area contributed by atoms with Gasteiger partial charge in [-0.3, -0.25) is 9.63 Å². The normalized spacial score (nSPS) is 14.2. The van der Waals surface area contributed by atoms with Crippen LogP contribution in [0.1, 0.15) is 11.6 Å². The summed E-state index contributed by atoms with van der Waals surface area (Å²) in [6, 6.07) is 6.31. The van der Waals surface area contributed by atoms with Gasteiger partial charge in [0.2, 0.25) is 0 Å². The van der Waals surface area contributed by atoms with Crippen molar-refractivity contribution in [3.05, 3.63) is 34.3 Å². The molecule has 2 atom stereocenters. The smallest absolute Gasteiger partial charge is 0.276 e. The molecule has 94 valence electrons. The van der Waals surface area contributed by atoms with Crippen LogP contribution >= 0.6 is 15.9 Å². The average Bonchev–Trinajstić information content (AvgIpc) is 2.36. The van der Waals surface area contributed by atoms with Gasteiger partial charge in [-0.1, -0.05) is 28.1 Å². The minimum absolute atomic E-state index is 0.581. The standard InChI is InChI=1S/C11H15BrN2O3/c1-14(17-2)11(16)10(15)9(13)7-3-5-8(12)6-4-7/h3-6,9-10,15H,13H2,1-2H3. The SMILES string of the molecule is CON(C)C(=O)C(O)C(N)c1ccc(Br)cc1. The van der Waals surface area contributed by atoms with E-state index in [0.29, 0.717) is 5.56 Å². The van der Waals surface area contributed by atoms with E-state index in [2.05, 4.69) is 15.9 Å². The maximum atomic E-state index is 11.6. The number of rotatable bonds is 4. The van der Waals surface area contributed by atoms with E-state index in [4.69, 9.17) is 10.6 Å². The summed E-state index contributed by atoms with van der Waals surface area (Å²) in [5.74, 6) is -0.581. The van der Waals surface area contributed by atoms with Crippen molar-refractivity contribution in [1.29, 1.82) is 0 Å². The molecule has 0 aliphatic heterocycles. The van der Waals surface area contributed by atoms with Gasteiger partial charge in [0.1, 0.15) is 0 Å². The summed E-state index contributed by atoms with van der Waals surface area (Å²) in [6.07, 6.45) is -1.33. The zero-order valence-corrected chi connectivity index (χ0v) is 11.2. The number of amides is 1. The molecule has 0 aliphatic rings. The molecule has 5 nitrogen and oxygen atoms in total. The van der Waals surface area contributed by atoms with Crippen LogP contribution in [0, 0.1) is 0 Å². The molecule has 6 heteroatoms. The van der Waals surface area contributed by atoms with E-state index < -0.39 is 18.1 Å². The third-order valence-electron chi connectivity index (χ3n) is 2.43. The lowest BCUT2D eigenvalue weighted by Crippen LogP contribution is -2.42. The predicted molar refractivity (Wildman–Crippen MR) is 66.9 cm³/mol. The Kier molecular flexibility index (Phi) is 5.07. The summed E-state index contributed by atoms with van der Waals surface area (Å²) in [5, 5.41) is 10.8. The van der Waals surface area contributed by atoms with Gasteiger partial charge in [0.25, 0.3) is 5.91 Å². The topological polar surface area (TPSA) is 75.8 Å². The molecule has 0 aromatic heterocycles. The molecule has 1 aromatic rings. The largest absolute Gasteiger partial charge is 0.381 e. The van der Waals surface area contributed by atoms with Crippen molar-refractivity contribution in [2.75, 3.05) is 14.2 Å². The first-order valence-electron chi connectivity index (χ1n) is 4.98. The molecule has 0 aliphatic carbocycles. The minimum Gasteiger partial charge on any atom is -0.381 e. The molecule has 0 saturated carbocycles. The van der Waals surface area contributed by atoms with E-state index >= 15 is 0 Å². The van der Waals surface area contributed by atoms with Gasteiger partial charge < -0.3 is 10.8 Å². The number of aliphatic hydroxyl groups is 1. The van der Waals surface area contributed by atoms with Crippen molar-refractivity contribution in [1.82, 2.24) is 5.06 Å². The van der Waals surface area contributed by atoms with Crippen molar-refractivity contribution >= 4 is 21.8 Å². The monoisotopic (exact) mass is 302 g/mol. The lowest BCUT2D eigenvalue weighted by Gasteiger charge is -2.22. The van der Waals surface area contributed by atoms with E-state index in [1.165, 1.54) is 14.2 Å². The Bertz CT molecular complexity index is 383. The number of benzene rings is 1. The van der Waals surface area contributed by atoms with Gasteiger partial charge in [0.15, 0.2) is 6.10 Å². The second-order valence-corrected chi connectivity index (χ2v) is 4.46. The second-order valence-electron chi connectivity index (χ2n) is 3.54. The molecule has 2 unspecified atom stereocenters. The van der Waals surface area contributed by atoms with E-state index in [1.807, 2.05) is 0 Å². The van der Waals surface area contributed by atoms with Crippen LogP contribution in [-0.4, -0.2) is 36.3 Å². The summed E-state index contributed by atoms with van der Waals surface area (Å²) in [7, 11) is 2.76. The summed E-state index contributed by atoms with van der Waals surface area (Å²) in [6.45, 7) is 0. The fourth-order valence-electron chi connectivity index (χ4n) is 1.30. The van der Waals surface area contributed by atoms with Crippen LogP contribution in [0.5, 0.6) is 0 Å². The molecule has 17 heavy (non-hydrogen) atoms. The highest BCUT2D eigenvalue weighted by Gasteiger charge is 2.27. The Morgan fingerprint density at radius 3 is 2.47 bits per heavy atom. The molecule has 0 radical (unpaired) electrons. The van der Waals surface area contributed by atoms with Crippen LogP contribution in [0.25, 0.3) is 0 Å². The van der Waals surface area contributed by atoms with E-state index in [0.717, 1.165) is 9.54 Å². The van der Waals surface area contributed by atoms with Gasteiger partial charge >= 0.3 is 0 Å². The van der Waals surface area contributed by atoms with Gasteiger partial charge in [-0.15, -0.1) is 0 Å². The Balaban J connectivity index is 2.79. The van der Waals surface area contributed by atoms with Crippen LogP contribution in [0.4, 0.5) is 0 Å². The number of hydrogen-bond acceptors (Lipinski definition) is 4. The molecule has 3 N–H and O–H groups in total. The van der Waals surface area contributed by atoms with Crippen LogP contribution in [0.2, 0.25) is 0 Å². The first kappa shape index (κ1) is 14.1. The molecule has 1 amide bonds. The number of carbonyl (C=O) groups excluding carboxylic acids is 1. The van der Waals surface area contributed by atoms with E-state index in [9.17, 15) is 9.90 Å². The number of halogens is 1. The Labute approximate surface area is 108 Å². The molecular formula is C11H15BrN2O3.